The van der Waals surface area contributed by atoms with Gasteiger partial charge in [-0.25, -0.2) is 13.2 Å². The van der Waals surface area contributed by atoms with E-state index in [0.29, 0.717) is 38.2 Å². The van der Waals surface area contributed by atoms with Crippen LogP contribution in [-0.4, -0.2) is 62.2 Å². The van der Waals surface area contributed by atoms with Gasteiger partial charge in [0.05, 0.1) is 4.90 Å². The largest absolute Gasteiger partial charge is 0.338 e. The van der Waals surface area contributed by atoms with Crippen molar-refractivity contribution in [2.45, 2.75) is 31.6 Å². The number of nitrogens with zero attached hydrogens (tertiary/aromatic N) is 2. The third-order valence-corrected chi connectivity index (χ3v) is 6.04. The molecule has 0 radical (unpaired) electrons. The Kier molecular flexibility index (Phi) is 6.55. The number of carbonyl (C=O) groups is 2. The quantitative estimate of drug-likeness (QED) is 0.803. The number of sulfonamides is 1. The fourth-order valence-corrected chi connectivity index (χ4v) is 4.22. The van der Waals surface area contributed by atoms with E-state index < -0.39 is 10.0 Å². The van der Waals surface area contributed by atoms with E-state index in [9.17, 15) is 18.0 Å². The number of nitrogens with one attached hydrogen (secondary N) is 1. The van der Waals surface area contributed by atoms with Crippen molar-refractivity contribution in [1.82, 2.24) is 14.5 Å². The lowest BCUT2D eigenvalue weighted by Gasteiger charge is -2.22. The van der Waals surface area contributed by atoms with Crippen LogP contribution in [-0.2, 0) is 10.0 Å². The molecule has 0 spiro atoms. The van der Waals surface area contributed by atoms with Gasteiger partial charge in [-0.05, 0) is 31.9 Å². The van der Waals surface area contributed by atoms with E-state index in [4.69, 9.17) is 0 Å². The molecule has 0 saturated carbocycles. The molecule has 1 aliphatic heterocycles. The Morgan fingerprint density at radius 2 is 1.92 bits per heavy atom. The van der Waals surface area contributed by atoms with Gasteiger partial charge in [0.15, 0.2) is 5.78 Å². The number of benzene rings is 1. The Morgan fingerprint density at radius 3 is 2.60 bits per heavy atom. The summed E-state index contributed by atoms with van der Waals surface area (Å²) in [5.74, 6) is -0.174. The molecule has 0 aromatic heterocycles. The maximum atomic E-state index is 12.9. The van der Waals surface area contributed by atoms with E-state index >= 15 is 0 Å². The predicted octanol–water partition coefficient (Wildman–Crippen LogP) is 1.71. The van der Waals surface area contributed by atoms with Crippen molar-refractivity contribution >= 4 is 21.8 Å². The fraction of sp³-hybridized carbons (Fsp3) is 0.529. The van der Waals surface area contributed by atoms with Crippen molar-refractivity contribution in [2.24, 2.45) is 0 Å². The zero-order valence-corrected chi connectivity index (χ0v) is 15.5. The normalized spacial score (nSPS) is 16.3. The van der Waals surface area contributed by atoms with Gasteiger partial charge in [-0.3, -0.25) is 4.79 Å². The second kappa shape index (κ2) is 8.44. The van der Waals surface area contributed by atoms with Gasteiger partial charge in [0.25, 0.3) is 0 Å². The molecule has 1 aromatic rings. The Labute approximate surface area is 149 Å². The summed E-state index contributed by atoms with van der Waals surface area (Å²) in [5, 5.41) is 2.82. The van der Waals surface area contributed by atoms with Crippen LogP contribution in [0, 0.1) is 0 Å². The molecule has 1 heterocycles. The minimum atomic E-state index is -3.68. The summed E-state index contributed by atoms with van der Waals surface area (Å²) in [6.45, 7) is 5.46. The van der Waals surface area contributed by atoms with Crippen molar-refractivity contribution in [1.29, 1.82) is 0 Å². The third kappa shape index (κ3) is 4.79. The highest BCUT2D eigenvalue weighted by Crippen LogP contribution is 2.19. The van der Waals surface area contributed by atoms with Crippen molar-refractivity contribution in [3.8, 4) is 0 Å². The van der Waals surface area contributed by atoms with Gasteiger partial charge in [-0.15, -0.1) is 0 Å². The summed E-state index contributed by atoms with van der Waals surface area (Å²) in [5.41, 5.74) is 0.372. The van der Waals surface area contributed by atoms with Gasteiger partial charge in [0, 0.05) is 38.3 Å². The second-order valence-electron chi connectivity index (χ2n) is 6.06. The Bertz CT molecular complexity index is 733. The minimum Gasteiger partial charge on any atom is -0.338 e. The number of hydrogen-bond acceptors (Lipinski definition) is 4. The molecule has 1 aromatic carbocycles. The van der Waals surface area contributed by atoms with Gasteiger partial charge < -0.3 is 10.2 Å². The van der Waals surface area contributed by atoms with Gasteiger partial charge in [0.1, 0.15) is 0 Å². The Balaban J connectivity index is 2.12. The molecule has 1 saturated heterocycles. The number of rotatable bonds is 5. The lowest BCUT2D eigenvalue weighted by atomic mass is 10.2. The van der Waals surface area contributed by atoms with Crippen molar-refractivity contribution in [2.75, 3.05) is 32.7 Å². The van der Waals surface area contributed by atoms with E-state index in [-0.39, 0.29) is 23.3 Å². The van der Waals surface area contributed by atoms with Crippen LogP contribution in [0.2, 0.25) is 0 Å². The zero-order valence-electron chi connectivity index (χ0n) is 14.7. The molecule has 8 heteroatoms. The summed E-state index contributed by atoms with van der Waals surface area (Å²) in [4.78, 5) is 25.3. The number of urea groups is 1. The molecule has 25 heavy (non-hydrogen) atoms. The lowest BCUT2D eigenvalue weighted by Crippen LogP contribution is -2.42. The molecule has 0 aliphatic carbocycles. The van der Waals surface area contributed by atoms with Crippen LogP contribution in [0.15, 0.2) is 29.2 Å². The van der Waals surface area contributed by atoms with Crippen LogP contribution >= 0.6 is 0 Å². The van der Waals surface area contributed by atoms with Crippen molar-refractivity contribution in [3.05, 3.63) is 29.8 Å². The summed E-state index contributed by atoms with van der Waals surface area (Å²) in [7, 11) is -3.68. The standard InChI is InChI=1S/C17H25N3O4S/c1-3-8-18-17(22)19-9-5-10-20(12-11-19)25(23,24)16-7-4-6-15(13-16)14(2)21/h4,6-7,13H,3,5,8-12H2,1-2H3,(H,18,22). The first kappa shape index (κ1) is 19.4. The maximum absolute atomic E-state index is 12.9. The topological polar surface area (TPSA) is 86.8 Å². The third-order valence-electron chi connectivity index (χ3n) is 4.15. The van der Waals surface area contributed by atoms with E-state index in [1.54, 1.807) is 17.0 Å². The first-order valence-corrected chi connectivity index (χ1v) is 9.94. The molecular formula is C17H25N3O4S. The number of carbonyl (C=O) groups excluding carboxylic acids is 2. The number of ketones is 1. The molecule has 138 valence electrons. The average molecular weight is 367 g/mol. The second-order valence-corrected chi connectivity index (χ2v) is 8.00. The van der Waals surface area contributed by atoms with Crippen molar-refractivity contribution in [3.63, 3.8) is 0 Å². The molecule has 1 fully saturated rings. The molecule has 7 nitrogen and oxygen atoms in total. The van der Waals surface area contributed by atoms with E-state index in [1.807, 2.05) is 6.92 Å². The molecule has 2 amide bonds. The summed E-state index contributed by atoms with van der Waals surface area (Å²) in [6, 6.07) is 5.93. The highest BCUT2D eigenvalue weighted by atomic mass is 32.2. The monoisotopic (exact) mass is 367 g/mol. The SMILES string of the molecule is CCCNC(=O)N1CCCN(S(=O)(=O)c2cccc(C(C)=O)c2)CC1. The van der Waals surface area contributed by atoms with Crippen LogP contribution in [0.25, 0.3) is 0 Å². The maximum Gasteiger partial charge on any atom is 0.317 e. The predicted molar refractivity (Wildman–Crippen MR) is 95.1 cm³/mol. The first-order chi connectivity index (χ1) is 11.9. The van der Waals surface area contributed by atoms with E-state index in [1.165, 1.54) is 23.4 Å². The van der Waals surface area contributed by atoms with Gasteiger partial charge in [0.2, 0.25) is 10.0 Å². The Morgan fingerprint density at radius 1 is 1.16 bits per heavy atom. The Hall–Kier alpha value is -1.93. The first-order valence-electron chi connectivity index (χ1n) is 8.50. The van der Waals surface area contributed by atoms with Crippen molar-refractivity contribution < 1.29 is 18.0 Å². The molecule has 0 bridgehead atoms. The number of Topliss-reactive ketones (excluding diaryl/α,β-unsaturated/α-hetero) is 1. The van der Waals surface area contributed by atoms with Gasteiger partial charge in [-0.1, -0.05) is 19.1 Å². The highest BCUT2D eigenvalue weighted by Gasteiger charge is 2.28. The smallest absolute Gasteiger partial charge is 0.317 e. The molecule has 2 rings (SSSR count). The zero-order chi connectivity index (χ0) is 18.4. The molecule has 0 atom stereocenters. The molecule has 1 aliphatic rings. The highest BCUT2D eigenvalue weighted by molar-refractivity contribution is 7.89. The summed E-state index contributed by atoms with van der Waals surface area (Å²) in [6.07, 6.45) is 1.43. The van der Waals surface area contributed by atoms with Crippen LogP contribution < -0.4 is 5.32 Å². The van der Waals surface area contributed by atoms with Crippen LogP contribution in [0.3, 0.4) is 0 Å². The van der Waals surface area contributed by atoms with E-state index in [2.05, 4.69) is 5.32 Å². The summed E-state index contributed by atoms with van der Waals surface area (Å²) >= 11 is 0. The van der Waals surface area contributed by atoms with Gasteiger partial charge in [-0.2, -0.15) is 4.31 Å². The molecular weight excluding hydrogens is 342 g/mol. The molecule has 1 N–H and O–H groups in total. The average Bonchev–Trinajstić information content (AvgIpc) is 2.86. The summed E-state index contributed by atoms with van der Waals surface area (Å²) < 4.78 is 27.1. The number of hydrogen-bond donors (Lipinski definition) is 1. The van der Waals surface area contributed by atoms with E-state index in [0.717, 1.165) is 6.42 Å². The minimum absolute atomic E-state index is 0.115. The van der Waals surface area contributed by atoms with Crippen LogP contribution in [0.4, 0.5) is 4.79 Å². The van der Waals surface area contributed by atoms with Gasteiger partial charge >= 0.3 is 6.03 Å². The fourth-order valence-electron chi connectivity index (χ4n) is 2.71. The lowest BCUT2D eigenvalue weighted by molar-refractivity contribution is 0.101. The number of amides is 2. The van der Waals surface area contributed by atoms with Crippen LogP contribution in [0.1, 0.15) is 37.0 Å². The molecule has 0 unspecified atom stereocenters. The van der Waals surface area contributed by atoms with Crippen LogP contribution in [0.5, 0.6) is 0 Å².